The van der Waals surface area contributed by atoms with E-state index in [0.717, 1.165) is 0 Å². The van der Waals surface area contributed by atoms with Gasteiger partial charge in [-0.25, -0.2) is 4.98 Å². The zero-order valence-corrected chi connectivity index (χ0v) is 11.0. The van der Waals surface area contributed by atoms with E-state index in [2.05, 4.69) is 30.4 Å². The number of hydrogen-bond donors (Lipinski definition) is 1. The Morgan fingerprint density at radius 3 is 2.71 bits per heavy atom. The zero-order valence-electron chi connectivity index (χ0n) is 11.0. The van der Waals surface area contributed by atoms with Gasteiger partial charge in [-0.15, -0.1) is 0 Å². The van der Waals surface area contributed by atoms with Crippen molar-refractivity contribution in [3.05, 3.63) is 12.7 Å². The second-order valence-electron chi connectivity index (χ2n) is 3.90. The summed E-state index contributed by atoms with van der Waals surface area (Å²) in [7, 11) is 1.59. The van der Waals surface area contributed by atoms with Gasteiger partial charge in [-0.05, 0) is 6.42 Å². The van der Waals surface area contributed by atoms with Crippen LogP contribution in [0.5, 0.6) is 6.01 Å². The molecule has 0 aromatic carbocycles. The predicted octanol–water partition coefficient (Wildman–Crippen LogP) is 1.22. The second kappa shape index (κ2) is 6.33. The van der Waals surface area contributed by atoms with Crippen LogP contribution in [0.1, 0.15) is 12.8 Å². The average Bonchev–Trinajstić information content (AvgIpc) is 2.96. The van der Waals surface area contributed by atoms with Crippen LogP contribution in [0.4, 0.5) is 19.1 Å². The van der Waals surface area contributed by atoms with Gasteiger partial charge in [0.1, 0.15) is 12.7 Å². The van der Waals surface area contributed by atoms with E-state index in [1.807, 2.05) is 0 Å². The smallest absolute Gasteiger partial charge is 0.389 e. The van der Waals surface area contributed by atoms with Crippen molar-refractivity contribution in [2.75, 3.05) is 19.0 Å². The standard InChI is InChI=1S/C10H12F3N7O/c1-14-7-17-8(20-6-15-5-16-20)19-9(18-7)21-4-2-3-10(11,12)13/h5-6H,2-4H2,1H3,(H,14,17,18,19). The molecule has 11 heteroatoms. The van der Waals surface area contributed by atoms with Crippen LogP contribution in [-0.4, -0.2) is 49.5 Å². The summed E-state index contributed by atoms with van der Waals surface area (Å²) in [6.07, 6.45) is -2.63. The van der Waals surface area contributed by atoms with Crippen molar-refractivity contribution in [2.45, 2.75) is 19.0 Å². The fraction of sp³-hybridized carbons (Fsp3) is 0.500. The first-order valence-electron chi connectivity index (χ1n) is 5.96. The largest absolute Gasteiger partial charge is 0.463 e. The summed E-state index contributed by atoms with van der Waals surface area (Å²) in [4.78, 5) is 15.6. The molecule has 0 bridgehead atoms. The van der Waals surface area contributed by atoms with E-state index in [4.69, 9.17) is 4.74 Å². The third kappa shape index (κ3) is 4.54. The maximum absolute atomic E-state index is 12.0. The molecular weight excluding hydrogens is 291 g/mol. The third-order valence-corrected chi connectivity index (χ3v) is 2.29. The number of ether oxygens (including phenoxy) is 1. The van der Waals surface area contributed by atoms with Crippen molar-refractivity contribution in [1.82, 2.24) is 29.7 Å². The van der Waals surface area contributed by atoms with E-state index in [0.29, 0.717) is 0 Å². The summed E-state index contributed by atoms with van der Waals surface area (Å²) in [5.41, 5.74) is 0. The summed E-state index contributed by atoms with van der Waals surface area (Å²) in [6, 6.07) is -0.0815. The quantitative estimate of drug-likeness (QED) is 0.802. The summed E-state index contributed by atoms with van der Waals surface area (Å²) in [5, 5.41) is 6.55. The van der Waals surface area contributed by atoms with Gasteiger partial charge >= 0.3 is 12.2 Å². The Morgan fingerprint density at radius 2 is 2.10 bits per heavy atom. The lowest BCUT2D eigenvalue weighted by Crippen LogP contribution is -2.12. The van der Waals surface area contributed by atoms with Gasteiger partial charge in [0.05, 0.1) is 6.61 Å². The van der Waals surface area contributed by atoms with Gasteiger partial charge < -0.3 is 10.1 Å². The molecule has 0 aliphatic carbocycles. The molecule has 0 fully saturated rings. The van der Waals surface area contributed by atoms with E-state index in [9.17, 15) is 13.2 Å². The predicted molar refractivity (Wildman–Crippen MR) is 65.1 cm³/mol. The Morgan fingerprint density at radius 1 is 1.29 bits per heavy atom. The van der Waals surface area contributed by atoms with Crippen molar-refractivity contribution < 1.29 is 17.9 Å². The Hall–Kier alpha value is -2.46. The lowest BCUT2D eigenvalue weighted by atomic mass is 10.3. The molecular formula is C10H12F3N7O. The molecule has 2 rings (SSSR count). The Bertz CT molecular complexity index is 573. The van der Waals surface area contributed by atoms with Gasteiger partial charge in [0.15, 0.2) is 0 Å². The molecule has 8 nitrogen and oxygen atoms in total. The highest BCUT2D eigenvalue weighted by atomic mass is 19.4. The Labute approximate surface area is 117 Å². The number of alkyl halides is 3. The van der Waals surface area contributed by atoms with Crippen LogP contribution in [0, 0.1) is 0 Å². The van der Waals surface area contributed by atoms with Crippen LogP contribution in [0.25, 0.3) is 5.95 Å². The molecule has 0 saturated carbocycles. The highest BCUT2D eigenvalue weighted by Gasteiger charge is 2.26. The van der Waals surface area contributed by atoms with Crippen molar-refractivity contribution >= 4 is 5.95 Å². The number of nitrogens with zero attached hydrogens (tertiary/aromatic N) is 6. The van der Waals surface area contributed by atoms with Crippen molar-refractivity contribution in [3.8, 4) is 12.0 Å². The lowest BCUT2D eigenvalue weighted by Gasteiger charge is -2.08. The summed E-state index contributed by atoms with van der Waals surface area (Å²) >= 11 is 0. The number of halogens is 3. The number of rotatable bonds is 6. The molecule has 2 aromatic heterocycles. The minimum absolute atomic E-state index is 0.0815. The molecule has 21 heavy (non-hydrogen) atoms. The molecule has 0 saturated heterocycles. The lowest BCUT2D eigenvalue weighted by molar-refractivity contribution is -0.136. The fourth-order valence-electron chi connectivity index (χ4n) is 1.37. The normalized spacial score (nSPS) is 11.4. The Balaban J connectivity index is 2.04. The van der Waals surface area contributed by atoms with E-state index in [1.165, 1.54) is 17.3 Å². The second-order valence-corrected chi connectivity index (χ2v) is 3.90. The minimum Gasteiger partial charge on any atom is -0.463 e. The number of nitrogens with one attached hydrogen (secondary N) is 1. The van der Waals surface area contributed by atoms with Crippen LogP contribution < -0.4 is 10.1 Å². The molecule has 0 aliphatic heterocycles. The number of anilines is 1. The van der Waals surface area contributed by atoms with E-state index >= 15 is 0 Å². The maximum Gasteiger partial charge on any atom is 0.389 e. The number of hydrogen-bond acceptors (Lipinski definition) is 7. The van der Waals surface area contributed by atoms with Crippen LogP contribution >= 0.6 is 0 Å². The SMILES string of the molecule is CNc1nc(OCCCC(F)(F)F)nc(-n2cncn2)n1. The molecule has 2 heterocycles. The molecule has 0 radical (unpaired) electrons. The van der Waals surface area contributed by atoms with Crippen molar-refractivity contribution in [1.29, 1.82) is 0 Å². The topological polar surface area (TPSA) is 90.6 Å². The monoisotopic (exact) mass is 303 g/mol. The molecule has 114 valence electrons. The molecule has 0 amide bonds. The summed E-state index contributed by atoms with van der Waals surface area (Å²) < 4.78 is 42.5. The highest BCUT2D eigenvalue weighted by Crippen LogP contribution is 2.21. The average molecular weight is 303 g/mol. The van der Waals surface area contributed by atoms with Gasteiger partial charge in [-0.3, -0.25) is 0 Å². The molecule has 0 aliphatic rings. The first-order chi connectivity index (χ1) is 9.98. The van der Waals surface area contributed by atoms with Gasteiger partial charge in [0, 0.05) is 13.5 Å². The molecule has 1 N–H and O–H groups in total. The molecule has 0 unspecified atom stereocenters. The van der Waals surface area contributed by atoms with Crippen LogP contribution in [-0.2, 0) is 0 Å². The summed E-state index contributed by atoms with van der Waals surface area (Å²) in [5.74, 6) is 0.360. The maximum atomic E-state index is 12.0. The molecule has 2 aromatic rings. The minimum atomic E-state index is -4.20. The Kier molecular flexibility index (Phi) is 4.50. The van der Waals surface area contributed by atoms with Gasteiger partial charge in [-0.1, -0.05) is 0 Å². The van der Waals surface area contributed by atoms with Gasteiger partial charge in [0.2, 0.25) is 5.95 Å². The molecule has 0 spiro atoms. The summed E-state index contributed by atoms with van der Waals surface area (Å²) in [6.45, 7) is -0.149. The third-order valence-electron chi connectivity index (χ3n) is 2.29. The molecule has 0 atom stereocenters. The van der Waals surface area contributed by atoms with Gasteiger partial charge in [-0.2, -0.15) is 37.9 Å². The highest BCUT2D eigenvalue weighted by molar-refractivity contribution is 5.28. The van der Waals surface area contributed by atoms with Gasteiger partial charge in [0.25, 0.3) is 5.95 Å². The van der Waals surface area contributed by atoms with Crippen molar-refractivity contribution in [3.63, 3.8) is 0 Å². The first-order valence-corrected chi connectivity index (χ1v) is 5.96. The van der Waals surface area contributed by atoms with E-state index in [-0.39, 0.29) is 30.9 Å². The zero-order chi connectivity index (χ0) is 15.3. The first kappa shape index (κ1) is 14.9. The number of aromatic nitrogens is 6. The van der Waals surface area contributed by atoms with Crippen molar-refractivity contribution in [2.24, 2.45) is 0 Å². The van der Waals surface area contributed by atoms with Crippen LogP contribution in [0.3, 0.4) is 0 Å². The fourth-order valence-corrected chi connectivity index (χ4v) is 1.37. The van der Waals surface area contributed by atoms with Crippen LogP contribution in [0.2, 0.25) is 0 Å². The van der Waals surface area contributed by atoms with Crippen LogP contribution in [0.15, 0.2) is 12.7 Å². The van der Waals surface area contributed by atoms with E-state index in [1.54, 1.807) is 7.05 Å². The van der Waals surface area contributed by atoms with E-state index < -0.39 is 12.6 Å².